The van der Waals surface area contributed by atoms with Crippen molar-refractivity contribution in [3.8, 4) is 0 Å². The molecule has 0 saturated heterocycles. The van der Waals surface area contributed by atoms with Gasteiger partial charge in [-0.15, -0.1) is 0 Å². The van der Waals surface area contributed by atoms with Crippen molar-refractivity contribution in [3.63, 3.8) is 0 Å². The van der Waals surface area contributed by atoms with Crippen LogP contribution in [0, 0.1) is 0 Å². The molecule has 0 heterocycles. The van der Waals surface area contributed by atoms with Gasteiger partial charge < -0.3 is 19.8 Å². The molecular weight excluding hydrogens is 671 g/mol. The zero-order valence-electron chi connectivity index (χ0n) is 35.1. The second-order valence-corrected chi connectivity index (χ2v) is 17.9. The number of phosphoric acid groups is 1. The number of aliphatic hydroxyl groups is 1. The molecule has 3 unspecified atom stereocenters. The van der Waals surface area contributed by atoms with E-state index in [4.69, 9.17) is 9.05 Å². The van der Waals surface area contributed by atoms with Crippen LogP contribution in [0.15, 0.2) is 12.2 Å². The van der Waals surface area contributed by atoms with Crippen molar-refractivity contribution < 1.29 is 32.9 Å². The van der Waals surface area contributed by atoms with E-state index in [0.717, 1.165) is 38.5 Å². The number of allylic oxidation sites excluding steroid dienone is 1. The number of aliphatic hydroxyl groups excluding tert-OH is 1. The van der Waals surface area contributed by atoms with Gasteiger partial charge in [0.15, 0.2) is 0 Å². The molecule has 52 heavy (non-hydrogen) atoms. The first-order chi connectivity index (χ1) is 25.0. The maximum Gasteiger partial charge on any atom is 0.472 e. The molecule has 1 amide bonds. The third-order valence-electron chi connectivity index (χ3n) is 10.0. The number of unbranched alkanes of at least 4 members (excludes halogenated alkanes) is 27. The number of nitrogens with one attached hydrogen (secondary N) is 1. The Hall–Kier alpha value is -0.760. The molecule has 0 bridgehead atoms. The van der Waals surface area contributed by atoms with Crippen molar-refractivity contribution in [2.45, 2.75) is 219 Å². The van der Waals surface area contributed by atoms with Crippen molar-refractivity contribution in [2.75, 3.05) is 40.9 Å². The molecule has 3 atom stereocenters. The van der Waals surface area contributed by atoms with Crippen molar-refractivity contribution >= 4 is 13.7 Å². The van der Waals surface area contributed by atoms with Crippen LogP contribution in [0.2, 0.25) is 0 Å². The summed E-state index contributed by atoms with van der Waals surface area (Å²) < 4.78 is 23.5. The van der Waals surface area contributed by atoms with Gasteiger partial charge in [-0.25, -0.2) is 4.57 Å². The Morgan fingerprint density at radius 1 is 0.635 bits per heavy atom. The Morgan fingerprint density at radius 2 is 1.02 bits per heavy atom. The first-order valence-corrected chi connectivity index (χ1v) is 23.6. The maximum atomic E-state index is 12.8. The van der Waals surface area contributed by atoms with Crippen LogP contribution in [0.5, 0.6) is 0 Å². The molecule has 0 aliphatic rings. The predicted octanol–water partition coefficient (Wildman–Crippen LogP) is 12.0. The number of hydrogen-bond donors (Lipinski definition) is 3. The van der Waals surface area contributed by atoms with Gasteiger partial charge >= 0.3 is 7.82 Å². The van der Waals surface area contributed by atoms with Gasteiger partial charge in [0, 0.05) is 6.42 Å². The molecule has 310 valence electrons. The highest BCUT2D eigenvalue weighted by Gasteiger charge is 2.27. The lowest BCUT2D eigenvalue weighted by molar-refractivity contribution is -0.870. The van der Waals surface area contributed by atoms with Crippen LogP contribution in [-0.2, 0) is 18.4 Å². The minimum absolute atomic E-state index is 0.0643. The van der Waals surface area contributed by atoms with Gasteiger partial charge in [0.2, 0.25) is 5.91 Å². The quantitative estimate of drug-likeness (QED) is 0.0249. The highest BCUT2D eigenvalue weighted by atomic mass is 31.2. The van der Waals surface area contributed by atoms with Gasteiger partial charge in [0.05, 0.1) is 39.9 Å². The number of quaternary nitrogens is 1. The molecular formula is C43H88N2O6P+. The first kappa shape index (κ1) is 51.2. The number of hydrogen-bond acceptors (Lipinski definition) is 5. The van der Waals surface area contributed by atoms with Gasteiger partial charge in [-0.1, -0.05) is 193 Å². The smallest absolute Gasteiger partial charge is 0.387 e. The Morgan fingerprint density at radius 3 is 1.42 bits per heavy atom. The summed E-state index contributed by atoms with van der Waals surface area (Å²) in [6.45, 7) is 4.80. The zero-order valence-corrected chi connectivity index (χ0v) is 36.0. The molecule has 0 radical (unpaired) electrons. The number of likely N-dealkylation sites (N-methyl/N-ethyl adjacent to an activating group) is 1. The number of amides is 1. The van der Waals surface area contributed by atoms with E-state index in [1.165, 1.54) is 148 Å². The second-order valence-electron chi connectivity index (χ2n) is 16.4. The Labute approximate surface area is 322 Å². The van der Waals surface area contributed by atoms with E-state index < -0.39 is 20.0 Å². The molecule has 0 saturated carbocycles. The average Bonchev–Trinajstić information content (AvgIpc) is 3.09. The summed E-state index contributed by atoms with van der Waals surface area (Å²) in [4.78, 5) is 23.0. The number of carbonyl (C=O) groups excluding carboxylic acids is 1. The highest BCUT2D eigenvalue weighted by Crippen LogP contribution is 2.43. The summed E-state index contributed by atoms with van der Waals surface area (Å²) in [5.74, 6) is -0.176. The van der Waals surface area contributed by atoms with E-state index in [1.54, 1.807) is 6.08 Å². The Bertz CT molecular complexity index is 865. The van der Waals surface area contributed by atoms with E-state index in [2.05, 4.69) is 19.2 Å². The largest absolute Gasteiger partial charge is 0.472 e. The summed E-state index contributed by atoms with van der Waals surface area (Å²) in [6.07, 6.45) is 40.0. The minimum atomic E-state index is -4.33. The molecule has 0 aromatic heterocycles. The van der Waals surface area contributed by atoms with E-state index in [0.29, 0.717) is 17.4 Å². The molecule has 0 rings (SSSR count). The fraction of sp³-hybridized carbons (Fsp3) is 0.930. The summed E-state index contributed by atoms with van der Waals surface area (Å²) in [5.41, 5.74) is 0. The van der Waals surface area contributed by atoms with E-state index in [9.17, 15) is 19.4 Å². The Balaban J connectivity index is 4.27. The number of phosphoric ester groups is 1. The first-order valence-electron chi connectivity index (χ1n) is 22.1. The molecule has 3 N–H and O–H groups in total. The lowest BCUT2D eigenvalue weighted by Crippen LogP contribution is -2.45. The number of carbonyl (C=O) groups is 1. The molecule has 0 aliphatic carbocycles. The number of nitrogens with zero attached hydrogens (tertiary/aromatic N) is 1. The lowest BCUT2D eigenvalue weighted by Gasteiger charge is -2.25. The third kappa shape index (κ3) is 37.6. The summed E-state index contributed by atoms with van der Waals surface area (Å²) >= 11 is 0. The van der Waals surface area contributed by atoms with Crippen molar-refractivity contribution in [3.05, 3.63) is 12.2 Å². The fourth-order valence-corrected chi connectivity index (χ4v) is 7.19. The molecule has 0 aliphatic heterocycles. The van der Waals surface area contributed by atoms with E-state index >= 15 is 0 Å². The van der Waals surface area contributed by atoms with Crippen LogP contribution < -0.4 is 5.32 Å². The van der Waals surface area contributed by atoms with Crippen LogP contribution in [-0.4, -0.2) is 73.4 Å². The normalized spacial score (nSPS) is 14.5. The lowest BCUT2D eigenvalue weighted by atomic mass is 10.0. The van der Waals surface area contributed by atoms with Gasteiger partial charge in [0.1, 0.15) is 13.2 Å². The van der Waals surface area contributed by atoms with Crippen LogP contribution in [0.25, 0.3) is 0 Å². The maximum absolute atomic E-state index is 12.8. The van der Waals surface area contributed by atoms with Gasteiger partial charge in [-0.2, -0.15) is 0 Å². The van der Waals surface area contributed by atoms with Crippen molar-refractivity contribution in [2.24, 2.45) is 0 Å². The van der Waals surface area contributed by atoms with Gasteiger partial charge in [0.25, 0.3) is 0 Å². The molecule has 0 aromatic rings. The fourth-order valence-electron chi connectivity index (χ4n) is 6.45. The SMILES string of the molecule is CCCCCCCCCC/C=C/C(O)C(COP(=O)(O)OCC[N+](C)(C)C)NC(=O)CCCCCCCCCCCCCCCCCCCCCC. The Kier molecular flexibility index (Phi) is 35.4. The third-order valence-corrected chi connectivity index (χ3v) is 11.0. The molecule has 0 spiro atoms. The summed E-state index contributed by atoms with van der Waals surface area (Å²) in [7, 11) is 1.58. The van der Waals surface area contributed by atoms with E-state index in [-0.39, 0.29) is 19.1 Å². The van der Waals surface area contributed by atoms with Crippen LogP contribution >= 0.6 is 7.82 Å². The molecule has 8 nitrogen and oxygen atoms in total. The van der Waals surface area contributed by atoms with Crippen LogP contribution in [0.1, 0.15) is 206 Å². The zero-order chi connectivity index (χ0) is 38.6. The molecule has 9 heteroatoms. The van der Waals surface area contributed by atoms with Crippen LogP contribution in [0.3, 0.4) is 0 Å². The molecule has 0 aromatic carbocycles. The average molecular weight is 760 g/mol. The number of rotatable bonds is 40. The topological polar surface area (TPSA) is 105 Å². The second kappa shape index (κ2) is 35.9. The highest BCUT2D eigenvalue weighted by molar-refractivity contribution is 7.47. The van der Waals surface area contributed by atoms with Crippen LogP contribution in [0.4, 0.5) is 0 Å². The van der Waals surface area contributed by atoms with Crippen molar-refractivity contribution in [1.82, 2.24) is 5.32 Å². The summed E-state index contributed by atoms with van der Waals surface area (Å²) in [5, 5.41) is 13.8. The van der Waals surface area contributed by atoms with Gasteiger partial charge in [-0.05, 0) is 19.3 Å². The minimum Gasteiger partial charge on any atom is -0.387 e. The summed E-state index contributed by atoms with van der Waals surface area (Å²) in [6, 6.07) is -0.838. The predicted molar refractivity (Wildman–Crippen MR) is 222 cm³/mol. The van der Waals surface area contributed by atoms with Crippen molar-refractivity contribution in [1.29, 1.82) is 0 Å². The standard InChI is InChI=1S/C43H87N2O6P/c1-6-8-10-12-14-16-18-19-20-21-22-23-24-25-26-27-29-31-33-35-37-43(47)44-41(40-51-52(48,49)50-39-38-45(3,4)5)42(46)36-34-32-30-28-17-15-13-11-9-7-2/h34,36,41-42,46H,6-33,35,37-40H2,1-5H3,(H-,44,47,48,49)/p+1/b36-34+. The van der Waals surface area contributed by atoms with Gasteiger partial charge in [-0.3, -0.25) is 13.8 Å². The van der Waals surface area contributed by atoms with E-state index in [1.807, 2.05) is 27.2 Å². The molecule has 0 fully saturated rings. The monoisotopic (exact) mass is 760 g/mol.